The molecule has 0 radical (unpaired) electrons. The SMILES string of the molecule is CCOc1ccc(C2/C(=C(\O)c3ccc4c(c3)OCCO4)C(=O)C(=O)N2Cc2cccnc2)cc1. The van der Waals surface area contributed by atoms with Gasteiger partial charge < -0.3 is 24.2 Å². The highest BCUT2D eigenvalue weighted by molar-refractivity contribution is 6.46. The van der Waals surface area contributed by atoms with Crippen LogP contribution in [0.4, 0.5) is 0 Å². The highest BCUT2D eigenvalue weighted by Crippen LogP contribution is 2.42. The number of amides is 1. The second kappa shape index (κ2) is 9.50. The number of hydrogen-bond donors (Lipinski definition) is 1. The first kappa shape index (κ1) is 22.5. The van der Waals surface area contributed by atoms with Crippen molar-refractivity contribution in [2.75, 3.05) is 19.8 Å². The van der Waals surface area contributed by atoms with Crippen LogP contribution < -0.4 is 14.2 Å². The van der Waals surface area contributed by atoms with E-state index in [1.54, 1.807) is 60.9 Å². The molecule has 1 amide bonds. The first-order valence-corrected chi connectivity index (χ1v) is 11.4. The van der Waals surface area contributed by atoms with E-state index in [4.69, 9.17) is 14.2 Å². The van der Waals surface area contributed by atoms with Gasteiger partial charge in [-0.05, 0) is 54.4 Å². The lowest BCUT2D eigenvalue weighted by atomic mass is 9.95. The fourth-order valence-corrected chi connectivity index (χ4v) is 4.34. The predicted octanol–water partition coefficient (Wildman–Crippen LogP) is 3.87. The minimum atomic E-state index is -0.793. The van der Waals surface area contributed by atoms with Gasteiger partial charge >= 0.3 is 0 Å². The van der Waals surface area contributed by atoms with Gasteiger partial charge in [0.2, 0.25) is 0 Å². The van der Waals surface area contributed by atoms with Crippen molar-refractivity contribution >= 4 is 17.4 Å². The predicted molar refractivity (Wildman–Crippen MR) is 127 cm³/mol. The van der Waals surface area contributed by atoms with Crippen molar-refractivity contribution in [1.82, 2.24) is 9.88 Å². The Hall–Kier alpha value is -4.33. The molecule has 1 unspecified atom stereocenters. The smallest absolute Gasteiger partial charge is 0.295 e. The van der Waals surface area contributed by atoms with Crippen molar-refractivity contribution in [3.8, 4) is 17.2 Å². The Labute approximate surface area is 202 Å². The lowest BCUT2D eigenvalue weighted by molar-refractivity contribution is -0.140. The molecule has 1 aromatic heterocycles. The van der Waals surface area contributed by atoms with E-state index >= 15 is 0 Å². The van der Waals surface area contributed by atoms with E-state index in [0.717, 1.165) is 5.56 Å². The molecule has 2 aliphatic rings. The molecule has 1 saturated heterocycles. The van der Waals surface area contributed by atoms with Crippen LogP contribution >= 0.6 is 0 Å². The zero-order chi connectivity index (χ0) is 24.4. The number of likely N-dealkylation sites (tertiary alicyclic amines) is 1. The number of ketones is 1. The highest BCUT2D eigenvalue weighted by atomic mass is 16.6. The van der Waals surface area contributed by atoms with Gasteiger partial charge in [0.1, 0.15) is 24.7 Å². The van der Waals surface area contributed by atoms with Crippen molar-refractivity contribution in [2.24, 2.45) is 0 Å². The maximum atomic E-state index is 13.3. The van der Waals surface area contributed by atoms with E-state index < -0.39 is 17.7 Å². The van der Waals surface area contributed by atoms with Crippen LogP contribution in [0.3, 0.4) is 0 Å². The number of aliphatic hydroxyl groups excluding tert-OH is 1. The van der Waals surface area contributed by atoms with Gasteiger partial charge in [-0.25, -0.2) is 0 Å². The third-order valence-corrected chi connectivity index (χ3v) is 5.94. The Balaban J connectivity index is 1.61. The lowest BCUT2D eigenvalue weighted by Gasteiger charge is -2.25. The van der Waals surface area contributed by atoms with Gasteiger partial charge in [0.15, 0.2) is 11.5 Å². The van der Waals surface area contributed by atoms with Crippen LogP contribution in [-0.4, -0.2) is 46.5 Å². The van der Waals surface area contributed by atoms with Crippen molar-refractivity contribution in [2.45, 2.75) is 19.5 Å². The number of pyridine rings is 1. The molecule has 8 heteroatoms. The largest absolute Gasteiger partial charge is 0.507 e. The van der Waals surface area contributed by atoms with Gasteiger partial charge in [0.05, 0.1) is 18.2 Å². The van der Waals surface area contributed by atoms with E-state index in [-0.39, 0.29) is 17.9 Å². The fraction of sp³-hybridized carbons (Fsp3) is 0.222. The zero-order valence-electron chi connectivity index (χ0n) is 19.1. The van der Waals surface area contributed by atoms with Gasteiger partial charge in [-0.3, -0.25) is 14.6 Å². The Bertz CT molecular complexity index is 1290. The van der Waals surface area contributed by atoms with Crippen LogP contribution in [0.5, 0.6) is 17.2 Å². The fourth-order valence-electron chi connectivity index (χ4n) is 4.34. The molecule has 0 spiro atoms. The maximum Gasteiger partial charge on any atom is 0.295 e. The summed E-state index contributed by atoms with van der Waals surface area (Å²) in [5.41, 5.74) is 1.82. The van der Waals surface area contributed by atoms with E-state index in [1.165, 1.54) is 4.90 Å². The summed E-state index contributed by atoms with van der Waals surface area (Å²) < 4.78 is 16.7. The number of nitrogens with zero attached hydrogens (tertiary/aromatic N) is 2. The van der Waals surface area contributed by atoms with Crippen molar-refractivity contribution in [3.05, 3.63) is 89.3 Å². The number of benzene rings is 2. The summed E-state index contributed by atoms with van der Waals surface area (Å²) in [5, 5.41) is 11.3. The average Bonchev–Trinajstić information content (AvgIpc) is 3.14. The topological polar surface area (TPSA) is 98.2 Å². The first-order chi connectivity index (χ1) is 17.1. The lowest BCUT2D eigenvalue weighted by Crippen LogP contribution is -2.29. The Kier molecular flexibility index (Phi) is 6.10. The second-order valence-corrected chi connectivity index (χ2v) is 8.15. The van der Waals surface area contributed by atoms with Gasteiger partial charge in [-0.15, -0.1) is 0 Å². The van der Waals surface area contributed by atoms with Crippen molar-refractivity contribution in [3.63, 3.8) is 0 Å². The summed E-state index contributed by atoms with van der Waals surface area (Å²) in [5.74, 6) is 0.00239. The molecule has 3 aromatic rings. The average molecular weight is 472 g/mol. The van der Waals surface area contributed by atoms with E-state index in [9.17, 15) is 14.7 Å². The summed E-state index contributed by atoms with van der Waals surface area (Å²) in [4.78, 5) is 32.0. The van der Waals surface area contributed by atoms with Crippen molar-refractivity contribution in [1.29, 1.82) is 0 Å². The number of rotatable bonds is 6. The van der Waals surface area contributed by atoms with Crippen LogP contribution in [0.25, 0.3) is 5.76 Å². The Morgan fingerprint density at radius 3 is 2.57 bits per heavy atom. The number of hydrogen-bond acceptors (Lipinski definition) is 7. The zero-order valence-corrected chi connectivity index (χ0v) is 19.1. The number of carbonyl (C=O) groups excluding carboxylic acids is 2. The number of fused-ring (bicyclic) bond motifs is 1. The molecular weight excluding hydrogens is 448 g/mol. The standard InChI is InChI=1S/C27H24N2O6/c1-2-33-20-8-5-18(6-9-20)24-23(25(30)19-7-10-21-22(14-19)35-13-12-34-21)26(31)27(32)29(24)16-17-4-3-11-28-15-17/h3-11,14-15,24,30H,2,12-13,16H2,1H3/b25-23+. The summed E-state index contributed by atoms with van der Waals surface area (Å²) in [6.07, 6.45) is 3.29. The number of aromatic nitrogens is 1. The second-order valence-electron chi connectivity index (χ2n) is 8.15. The minimum absolute atomic E-state index is 0.0136. The van der Waals surface area contributed by atoms with Gasteiger partial charge in [-0.1, -0.05) is 18.2 Å². The molecule has 8 nitrogen and oxygen atoms in total. The number of ether oxygens (including phenoxy) is 3. The van der Waals surface area contributed by atoms with Gasteiger partial charge in [-0.2, -0.15) is 0 Å². The number of Topliss-reactive ketones (excluding diaryl/α,β-unsaturated/α-hetero) is 1. The molecule has 2 aromatic carbocycles. The first-order valence-electron chi connectivity index (χ1n) is 11.4. The third-order valence-electron chi connectivity index (χ3n) is 5.94. The molecule has 1 atom stereocenters. The summed E-state index contributed by atoms with van der Waals surface area (Å²) in [6, 6.07) is 14.9. The van der Waals surface area contributed by atoms with Crippen LogP contribution in [0, 0.1) is 0 Å². The summed E-state index contributed by atoms with van der Waals surface area (Å²) in [6.45, 7) is 3.40. The molecule has 35 heavy (non-hydrogen) atoms. The Morgan fingerprint density at radius 1 is 1.09 bits per heavy atom. The third kappa shape index (κ3) is 4.30. The molecule has 0 bridgehead atoms. The normalized spacial score (nSPS) is 18.5. The van der Waals surface area contributed by atoms with E-state index in [1.807, 2.05) is 13.0 Å². The molecular formula is C27H24N2O6. The molecule has 0 saturated carbocycles. The Morgan fingerprint density at radius 2 is 1.86 bits per heavy atom. The van der Waals surface area contributed by atoms with Crippen LogP contribution in [0.2, 0.25) is 0 Å². The molecule has 1 N–H and O–H groups in total. The highest BCUT2D eigenvalue weighted by Gasteiger charge is 2.46. The maximum absolute atomic E-state index is 13.3. The van der Waals surface area contributed by atoms with Gasteiger partial charge in [0.25, 0.3) is 11.7 Å². The summed E-state index contributed by atoms with van der Waals surface area (Å²) in [7, 11) is 0. The van der Waals surface area contributed by atoms with Crippen LogP contribution in [0.15, 0.2) is 72.6 Å². The van der Waals surface area contributed by atoms with Crippen molar-refractivity contribution < 1.29 is 28.9 Å². The molecule has 5 rings (SSSR count). The van der Waals surface area contributed by atoms with E-state index in [0.29, 0.717) is 48.2 Å². The molecule has 3 heterocycles. The van der Waals surface area contributed by atoms with E-state index in [2.05, 4.69) is 4.98 Å². The minimum Gasteiger partial charge on any atom is -0.507 e. The van der Waals surface area contributed by atoms with Crippen LogP contribution in [-0.2, 0) is 16.1 Å². The van der Waals surface area contributed by atoms with Gasteiger partial charge in [0, 0.05) is 24.5 Å². The summed E-state index contributed by atoms with van der Waals surface area (Å²) >= 11 is 0. The molecule has 2 aliphatic heterocycles. The van der Waals surface area contributed by atoms with Crippen LogP contribution in [0.1, 0.15) is 29.7 Å². The monoisotopic (exact) mass is 472 g/mol. The molecule has 178 valence electrons. The quantitative estimate of drug-likeness (QED) is 0.330. The molecule has 0 aliphatic carbocycles. The number of aliphatic hydroxyl groups is 1. The number of carbonyl (C=O) groups is 2. The molecule has 1 fully saturated rings.